The number of hydrogen-bond donors (Lipinski definition) is 0. The second-order valence-electron chi connectivity index (χ2n) is 4.96. The first-order valence-corrected chi connectivity index (χ1v) is 6.66. The predicted molar refractivity (Wildman–Crippen MR) is 72.2 cm³/mol. The van der Waals surface area contributed by atoms with Gasteiger partial charge in [0.2, 0.25) is 5.88 Å². The number of pyridine rings is 1. The van der Waals surface area contributed by atoms with Gasteiger partial charge in [0.25, 0.3) is 0 Å². The number of methoxy groups -OCH3 is 1. The Balaban J connectivity index is 2.42. The van der Waals surface area contributed by atoms with Crippen LogP contribution in [0, 0.1) is 0 Å². The molecular weight excluding hydrogens is 314 g/mol. The molecule has 0 radical (unpaired) electrons. The van der Waals surface area contributed by atoms with Crippen molar-refractivity contribution in [3.05, 3.63) is 22.3 Å². The lowest BCUT2D eigenvalue weighted by atomic mass is 9.83. The fraction of sp³-hybridized carbons (Fsp3) is 0.538. The lowest BCUT2D eigenvalue weighted by Gasteiger charge is -2.40. The molecule has 0 N–H and O–H groups in total. The first kappa shape index (κ1) is 14.4. The second-order valence-corrected chi connectivity index (χ2v) is 5.88. The van der Waals surface area contributed by atoms with Gasteiger partial charge in [0.15, 0.2) is 5.79 Å². The van der Waals surface area contributed by atoms with Gasteiger partial charge in [0, 0.05) is 16.2 Å². The molecule has 2 heterocycles. The molecule has 0 amide bonds. The molecular formula is C13H16BrNO4. The lowest BCUT2D eigenvalue weighted by Crippen LogP contribution is -2.50. The van der Waals surface area contributed by atoms with Gasteiger partial charge in [-0.25, -0.2) is 4.98 Å². The summed E-state index contributed by atoms with van der Waals surface area (Å²) >= 11 is 3.35. The van der Waals surface area contributed by atoms with Crippen LogP contribution in [0.15, 0.2) is 16.7 Å². The zero-order chi connectivity index (χ0) is 14.1. The molecule has 0 spiro atoms. The van der Waals surface area contributed by atoms with Crippen molar-refractivity contribution in [1.82, 2.24) is 4.98 Å². The van der Waals surface area contributed by atoms with E-state index in [0.29, 0.717) is 11.4 Å². The van der Waals surface area contributed by atoms with E-state index in [0.717, 1.165) is 10.8 Å². The van der Waals surface area contributed by atoms with Crippen molar-refractivity contribution in [3.8, 4) is 5.88 Å². The molecule has 1 saturated heterocycles. The predicted octanol–water partition coefficient (Wildman–Crippen LogP) is 2.07. The maximum absolute atomic E-state index is 11.6. The Morgan fingerprint density at radius 2 is 2.05 bits per heavy atom. The van der Waals surface area contributed by atoms with Gasteiger partial charge in [-0.2, -0.15) is 0 Å². The number of aldehydes is 1. The van der Waals surface area contributed by atoms with Crippen LogP contribution in [0.2, 0.25) is 0 Å². The minimum Gasteiger partial charge on any atom is -0.481 e. The molecule has 0 aliphatic carbocycles. The molecule has 1 fully saturated rings. The van der Waals surface area contributed by atoms with E-state index >= 15 is 0 Å². The normalized spacial score (nSPS) is 20.8. The number of halogens is 1. The second kappa shape index (κ2) is 5.19. The smallest absolute Gasteiger partial charge is 0.217 e. The first-order chi connectivity index (χ1) is 8.92. The summed E-state index contributed by atoms with van der Waals surface area (Å²) in [4.78, 5) is 15.8. The van der Waals surface area contributed by atoms with Gasteiger partial charge in [-0.3, -0.25) is 0 Å². The van der Waals surface area contributed by atoms with Crippen molar-refractivity contribution in [1.29, 1.82) is 0 Å². The highest BCUT2D eigenvalue weighted by molar-refractivity contribution is 9.10. The number of nitrogens with zero attached hydrogens (tertiary/aromatic N) is 1. The standard InChI is InChI=1S/C13H16BrNO4/c1-12(2)18-7-13(6-16,8-19-12)10-4-9(14)5-15-11(10)17-3/h4-6H,7-8H2,1-3H3. The molecule has 19 heavy (non-hydrogen) atoms. The van der Waals surface area contributed by atoms with Crippen LogP contribution >= 0.6 is 15.9 Å². The number of carbonyl (C=O) groups excluding carboxylic acids is 1. The van der Waals surface area contributed by atoms with E-state index in [1.54, 1.807) is 6.20 Å². The zero-order valence-corrected chi connectivity index (χ0v) is 12.7. The number of rotatable bonds is 3. The van der Waals surface area contributed by atoms with Crippen molar-refractivity contribution < 1.29 is 19.0 Å². The summed E-state index contributed by atoms with van der Waals surface area (Å²) < 4.78 is 17.2. The third kappa shape index (κ3) is 2.80. The molecule has 1 aliphatic heterocycles. The van der Waals surface area contributed by atoms with Gasteiger partial charge < -0.3 is 19.0 Å². The summed E-state index contributed by atoms with van der Waals surface area (Å²) in [6, 6.07) is 1.81. The van der Waals surface area contributed by atoms with Crippen LogP contribution in [0.4, 0.5) is 0 Å². The number of hydrogen-bond acceptors (Lipinski definition) is 5. The van der Waals surface area contributed by atoms with Gasteiger partial charge in [-0.1, -0.05) is 0 Å². The third-order valence-corrected chi connectivity index (χ3v) is 3.56. The molecule has 0 aromatic carbocycles. The van der Waals surface area contributed by atoms with E-state index < -0.39 is 11.2 Å². The minimum absolute atomic E-state index is 0.234. The van der Waals surface area contributed by atoms with Crippen molar-refractivity contribution in [2.75, 3.05) is 20.3 Å². The van der Waals surface area contributed by atoms with Crippen molar-refractivity contribution in [3.63, 3.8) is 0 Å². The maximum atomic E-state index is 11.6. The van der Waals surface area contributed by atoms with Crippen molar-refractivity contribution in [2.45, 2.75) is 25.0 Å². The number of ether oxygens (including phenoxy) is 3. The monoisotopic (exact) mass is 329 g/mol. The van der Waals surface area contributed by atoms with Gasteiger partial charge in [0.05, 0.1) is 20.3 Å². The Hall–Kier alpha value is -0.980. The van der Waals surface area contributed by atoms with E-state index in [1.807, 2.05) is 19.9 Å². The molecule has 1 aromatic rings. The fourth-order valence-electron chi connectivity index (χ4n) is 1.92. The molecule has 104 valence electrons. The van der Waals surface area contributed by atoms with Crippen LogP contribution in [0.3, 0.4) is 0 Å². The van der Waals surface area contributed by atoms with Crippen LogP contribution < -0.4 is 4.74 Å². The topological polar surface area (TPSA) is 57.7 Å². The first-order valence-electron chi connectivity index (χ1n) is 5.87. The van der Waals surface area contributed by atoms with Crippen molar-refractivity contribution in [2.24, 2.45) is 0 Å². The highest BCUT2D eigenvalue weighted by atomic mass is 79.9. The Kier molecular flexibility index (Phi) is 3.94. The van der Waals surface area contributed by atoms with E-state index in [-0.39, 0.29) is 13.2 Å². The van der Waals surface area contributed by atoms with Crippen LogP contribution in [-0.2, 0) is 19.7 Å². The summed E-state index contributed by atoms with van der Waals surface area (Å²) in [7, 11) is 1.52. The SMILES string of the molecule is COc1ncc(Br)cc1C1(C=O)COC(C)(C)OC1. The third-order valence-electron chi connectivity index (χ3n) is 3.13. The Labute approximate surface area is 120 Å². The van der Waals surface area contributed by atoms with Crippen LogP contribution in [-0.4, -0.2) is 37.4 Å². The zero-order valence-electron chi connectivity index (χ0n) is 11.1. The van der Waals surface area contributed by atoms with Crippen LogP contribution in [0.5, 0.6) is 5.88 Å². The van der Waals surface area contributed by atoms with Gasteiger partial charge >= 0.3 is 0 Å². The molecule has 0 unspecified atom stereocenters. The number of carbonyl (C=O) groups is 1. The highest BCUT2D eigenvalue weighted by Gasteiger charge is 2.43. The molecule has 0 bridgehead atoms. The van der Waals surface area contributed by atoms with E-state index in [4.69, 9.17) is 14.2 Å². The largest absolute Gasteiger partial charge is 0.481 e. The highest BCUT2D eigenvalue weighted by Crippen LogP contribution is 2.36. The van der Waals surface area contributed by atoms with Crippen LogP contribution in [0.25, 0.3) is 0 Å². The maximum Gasteiger partial charge on any atom is 0.217 e. The summed E-state index contributed by atoms with van der Waals surface area (Å²) in [5.74, 6) is -0.277. The summed E-state index contributed by atoms with van der Waals surface area (Å²) in [6.07, 6.45) is 2.46. The van der Waals surface area contributed by atoms with E-state index in [2.05, 4.69) is 20.9 Å². The molecule has 2 rings (SSSR count). The summed E-state index contributed by atoms with van der Waals surface area (Å²) in [5, 5.41) is 0. The lowest BCUT2D eigenvalue weighted by molar-refractivity contribution is -0.263. The van der Waals surface area contributed by atoms with E-state index in [1.165, 1.54) is 7.11 Å². The van der Waals surface area contributed by atoms with E-state index in [9.17, 15) is 4.79 Å². The average molecular weight is 330 g/mol. The van der Waals surface area contributed by atoms with Gasteiger partial charge in [0.1, 0.15) is 11.7 Å². The number of aromatic nitrogens is 1. The van der Waals surface area contributed by atoms with Crippen molar-refractivity contribution >= 4 is 22.2 Å². The minimum atomic E-state index is -0.891. The molecule has 0 atom stereocenters. The average Bonchev–Trinajstić information content (AvgIpc) is 2.39. The Morgan fingerprint density at radius 3 is 2.58 bits per heavy atom. The molecule has 5 nitrogen and oxygen atoms in total. The van der Waals surface area contributed by atoms with Crippen LogP contribution in [0.1, 0.15) is 19.4 Å². The van der Waals surface area contributed by atoms with Gasteiger partial charge in [-0.15, -0.1) is 0 Å². The molecule has 6 heteroatoms. The molecule has 1 aliphatic rings. The fourth-order valence-corrected chi connectivity index (χ4v) is 2.25. The summed E-state index contributed by atoms with van der Waals surface area (Å²) in [6.45, 7) is 4.10. The Morgan fingerprint density at radius 1 is 1.42 bits per heavy atom. The summed E-state index contributed by atoms with van der Waals surface area (Å²) in [5.41, 5.74) is -0.229. The quantitative estimate of drug-likeness (QED) is 0.794. The Bertz CT molecular complexity index is 480. The molecule has 0 saturated carbocycles. The molecule has 1 aromatic heterocycles. The van der Waals surface area contributed by atoms with Gasteiger partial charge in [-0.05, 0) is 35.8 Å².